The predicted octanol–water partition coefficient (Wildman–Crippen LogP) is 4.59. The van der Waals surface area contributed by atoms with Crippen LogP contribution in [0, 0.1) is 19.3 Å². The molecule has 47 heavy (non-hydrogen) atoms. The van der Waals surface area contributed by atoms with Gasteiger partial charge in [-0.1, -0.05) is 6.07 Å². The van der Waals surface area contributed by atoms with E-state index >= 15 is 0 Å². The lowest BCUT2D eigenvalue weighted by Gasteiger charge is -2.25. The zero-order valence-corrected chi connectivity index (χ0v) is 29.0. The van der Waals surface area contributed by atoms with Crippen LogP contribution in [0.15, 0.2) is 57.5 Å². The molecule has 3 aromatic heterocycles. The van der Waals surface area contributed by atoms with Gasteiger partial charge in [-0.05, 0) is 92.1 Å². The average molecular weight is 699 g/mol. The van der Waals surface area contributed by atoms with Crippen LogP contribution < -0.4 is 5.32 Å². The highest BCUT2D eigenvalue weighted by atomic mass is 79.9. The zero-order valence-electron chi connectivity index (χ0n) is 27.4. The van der Waals surface area contributed by atoms with Crippen LogP contribution in [0.2, 0.25) is 0 Å². The van der Waals surface area contributed by atoms with Gasteiger partial charge in [0.25, 0.3) is 0 Å². The molecule has 0 bridgehead atoms. The van der Waals surface area contributed by atoms with Crippen LogP contribution in [0.1, 0.15) is 47.7 Å². The molecule has 13 heteroatoms. The SMILES string of the molecule is C/N=C/c1cc(-c2cnc(C)nc2)cc2c(C(C)=O)nn(CC(=O)N3C4=C(C)[C@@]4(CN(C)C)C[C@H]3C(=O)Nc3nc(Br)ccc3C)c12. The van der Waals surface area contributed by atoms with E-state index in [-0.39, 0.29) is 35.3 Å². The molecule has 12 nitrogen and oxygen atoms in total. The number of Topliss-reactive ketones (excluding diaryl/α,β-unsaturated/α-hetero) is 1. The second-order valence-electron chi connectivity index (χ2n) is 12.5. The summed E-state index contributed by atoms with van der Waals surface area (Å²) in [7, 11) is 5.63. The number of aliphatic imine (C=N–C) groups is 1. The standard InChI is InChI=1S/C34H36BrN9O3/c1-18-8-9-27(35)39-32(18)40-33(47)26-12-34(17-42(6)7)19(2)31(34)44(26)28(46)16-43-30-23(13-36-5)10-22(24-14-37-21(4)38-15-24)11-25(30)29(41-43)20(3)45/h8-11,13-15,26H,12,16-17H2,1-7H3,(H,39,40,47)/b36-13+/t26-,34-/m0/s1. The molecule has 242 valence electrons. The van der Waals surface area contributed by atoms with Gasteiger partial charge in [-0.3, -0.25) is 24.1 Å². The summed E-state index contributed by atoms with van der Waals surface area (Å²) in [6, 6.07) is 6.72. The maximum Gasteiger partial charge on any atom is 0.249 e. The molecule has 1 aromatic carbocycles. The summed E-state index contributed by atoms with van der Waals surface area (Å²) in [5.41, 5.74) is 5.49. The summed E-state index contributed by atoms with van der Waals surface area (Å²) in [6.45, 7) is 7.65. The molecule has 0 saturated carbocycles. The minimum absolute atomic E-state index is 0.186. The summed E-state index contributed by atoms with van der Waals surface area (Å²) in [5.74, 6) is 0.238. The number of hydrogen-bond acceptors (Lipinski definition) is 9. The molecule has 1 aliphatic heterocycles. The second-order valence-corrected chi connectivity index (χ2v) is 13.3. The molecule has 1 fully saturated rings. The number of ketones is 1. The number of aryl methyl sites for hydroxylation is 2. The number of nitrogens with zero attached hydrogens (tertiary/aromatic N) is 8. The van der Waals surface area contributed by atoms with Gasteiger partial charge in [0, 0.05) is 66.7 Å². The molecule has 1 aliphatic carbocycles. The normalized spacial score (nSPS) is 18.8. The Hall–Kier alpha value is -4.62. The maximum absolute atomic E-state index is 14.4. The summed E-state index contributed by atoms with van der Waals surface area (Å²) in [4.78, 5) is 62.2. The third kappa shape index (κ3) is 5.78. The maximum atomic E-state index is 14.4. The first kappa shape index (κ1) is 32.3. The molecular formula is C34H36BrN9O3. The minimum atomic E-state index is -0.750. The summed E-state index contributed by atoms with van der Waals surface area (Å²) in [6.07, 6.45) is 5.61. The number of rotatable bonds is 9. The van der Waals surface area contributed by atoms with Crippen LogP contribution in [0.5, 0.6) is 0 Å². The molecule has 4 aromatic rings. The minimum Gasteiger partial charge on any atom is -0.309 e. The number of hydrogen-bond donors (Lipinski definition) is 1. The van der Waals surface area contributed by atoms with Crippen molar-refractivity contribution in [2.45, 2.75) is 46.7 Å². The lowest BCUT2D eigenvalue weighted by molar-refractivity contribution is -0.135. The van der Waals surface area contributed by atoms with Gasteiger partial charge in [0.05, 0.1) is 5.52 Å². The van der Waals surface area contributed by atoms with Crippen molar-refractivity contribution in [3.05, 3.63) is 75.2 Å². The van der Waals surface area contributed by atoms with Gasteiger partial charge in [0.1, 0.15) is 34.5 Å². The molecule has 1 N–H and O–H groups in total. The van der Waals surface area contributed by atoms with Gasteiger partial charge in [0.2, 0.25) is 11.8 Å². The van der Waals surface area contributed by atoms with Crippen molar-refractivity contribution in [1.82, 2.24) is 34.5 Å². The van der Waals surface area contributed by atoms with Crippen molar-refractivity contribution < 1.29 is 14.4 Å². The van der Waals surface area contributed by atoms with Crippen molar-refractivity contribution in [2.24, 2.45) is 10.4 Å². The van der Waals surface area contributed by atoms with Crippen molar-refractivity contribution in [2.75, 3.05) is 33.0 Å². The van der Waals surface area contributed by atoms with E-state index < -0.39 is 6.04 Å². The Bertz CT molecular complexity index is 2020. The van der Waals surface area contributed by atoms with Crippen molar-refractivity contribution in [1.29, 1.82) is 0 Å². The molecule has 2 amide bonds. The molecule has 0 radical (unpaired) electrons. The Balaban J connectivity index is 1.40. The molecule has 2 aliphatic rings. The van der Waals surface area contributed by atoms with E-state index in [1.165, 1.54) is 6.92 Å². The van der Waals surface area contributed by atoms with E-state index in [1.807, 2.05) is 59.1 Å². The van der Waals surface area contributed by atoms with Crippen LogP contribution in [-0.4, -0.2) is 92.1 Å². The molecule has 0 spiro atoms. The van der Waals surface area contributed by atoms with Gasteiger partial charge in [-0.25, -0.2) is 15.0 Å². The first-order valence-corrected chi connectivity index (χ1v) is 16.0. The number of nitrogens with one attached hydrogen (secondary N) is 1. The van der Waals surface area contributed by atoms with Gasteiger partial charge < -0.3 is 15.1 Å². The summed E-state index contributed by atoms with van der Waals surface area (Å²) in [5, 5.41) is 8.22. The van der Waals surface area contributed by atoms with E-state index in [1.54, 1.807) is 35.2 Å². The fourth-order valence-electron chi connectivity index (χ4n) is 6.74. The molecule has 1 saturated heterocycles. The number of pyridine rings is 1. The van der Waals surface area contributed by atoms with Crippen LogP contribution in [0.4, 0.5) is 5.82 Å². The fraction of sp³-hybridized carbons (Fsp3) is 0.353. The third-order valence-corrected chi connectivity index (χ3v) is 9.34. The second kappa shape index (κ2) is 12.2. The predicted molar refractivity (Wildman–Crippen MR) is 183 cm³/mol. The lowest BCUT2D eigenvalue weighted by Crippen LogP contribution is -2.44. The van der Waals surface area contributed by atoms with Crippen LogP contribution >= 0.6 is 15.9 Å². The number of aromatic nitrogens is 5. The Morgan fingerprint density at radius 1 is 1.13 bits per heavy atom. The third-order valence-electron chi connectivity index (χ3n) is 8.89. The molecule has 6 rings (SSSR count). The fourth-order valence-corrected chi connectivity index (χ4v) is 7.05. The highest BCUT2D eigenvalue weighted by Crippen LogP contribution is 2.63. The highest BCUT2D eigenvalue weighted by molar-refractivity contribution is 9.10. The Labute approximate surface area is 281 Å². The summed E-state index contributed by atoms with van der Waals surface area (Å²) >= 11 is 3.38. The quantitative estimate of drug-likeness (QED) is 0.152. The number of halogens is 1. The highest BCUT2D eigenvalue weighted by Gasteiger charge is 2.64. The smallest absolute Gasteiger partial charge is 0.249 e. The number of fused-ring (bicyclic) bond motifs is 2. The monoisotopic (exact) mass is 697 g/mol. The Morgan fingerprint density at radius 2 is 1.85 bits per heavy atom. The van der Waals surface area contributed by atoms with E-state index in [0.29, 0.717) is 45.7 Å². The number of anilines is 1. The topological polar surface area (TPSA) is 139 Å². The number of amides is 2. The van der Waals surface area contributed by atoms with Crippen LogP contribution in [0.25, 0.3) is 22.0 Å². The Kier molecular flexibility index (Phi) is 8.39. The first-order valence-electron chi connectivity index (χ1n) is 15.2. The summed E-state index contributed by atoms with van der Waals surface area (Å²) < 4.78 is 2.15. The van der Waals surface area contributed by atoms with Crippen molar-refractivity contribution in [3.63, 3.8) is 0 Å². The van der Waals surface area contributed by atoms with E-state index in [4.69, 9.17) is 0 Å². The van der Waals surface area contributed by atoms with Crippen molar-refractivity contribution in [3.8, 4) is 11.1 Å². The molecule has 4 heterocycles. The van der Waals surface area contributed by atoms with Crippen LogP contribution in [-0.2, 0) is 16.1 Å². The van der Waals surface area contributed by atoms with Crippen LogP contribution in [0.3, 0.4) is 0 Å². The van der Waals surface area contributed by atoms with E-state index in [0.717, 1.165) is 28.0 Å². The number of carbonyl (C=O) groups excluding carboxylic acids is 3. The molecule has 0 unspecified atom stereocenters. The van der Waals surface area contributed by atoms with Gasteiger partial charge in [0.15, 0.2) is 5.78 Å². The number of carbonyl (C=O) groups is 3. The molecular weight excluding hydrogens is 662 g/mol. The van der Waals surface area contributed by atoms with Gasteiger partial charge >= 0.3 is 0 Å². The van der Waals surface area contributed by atoms with Gasteiger partial charge in [-0.2, -0.15) is 5.10 Å². The number of benzene rings is 1. The zero-order chi connectivity index (χ0) is 33.8. The number of likely N-dealkylation sites (tertiary alicyclic amines) is 1. The van der Waals surface area contributed by atoms with E-state index in [9.17, 15) is 14.4 Å². The Morgan fingerprint density at radius 3 is 2.51 bits per heavy atom. The lowest BCUT2D eigenvalue weighted by atomic mass is 9.93. The average Bonchev–Trinajstić information content (AvgIpc) is 3.29. The van der Waals surface area contributed by atoms with E-state index in [2.05, 4.69) is 51.2 Å². The van der Waals surface area contributed by atoms with Crippen molar-refractivity contribution >= 4 is 56.5 Å². The van der Waals surface area contributed by atoms with Gasteiger partial charge in [-0.15, -0.1) is 0 Å². The molecule has 2 atom stereocenters. The largest absolute Gasteiger partial charge is 0.309 e. The first-order chi connectivity index (χ1) is 22.3.